The summed E-state index contributed by atoms with van der Waals surface area (Å²) in [6.45, 7) is 3.45. The molecule has 208 valence electrons. The van der Waals surface area contributed by atoms with Crippen molar-refractivity contribution < 1.29 is 22.4 Å². The van der Waals surface area contributed by atoms with Crippen LogP contribution in [0.15, 0.2) is 77.7 Å². The van der Waals surface area contributed by atoms with Gasteiger partial charge in [0.25, 0.3) is 10.0 Å². The van der Waals surface area contributed by atoms with E-state index in [9.17, 15) is 22.4 Å². The van der Waals surface area contributed by atoms with E-state index in [1.807, 2.05) is 6.92 Å². The second-order valence-electron chi connectivity index (χ2n) is 8.79. The highest BCUT2D eigenvalue weighted by atomic mass is 35.5. The van der Waals surface area contributed by atoms with Crippen LogP contribution < -0.4 is 9.62 Å². The number of nitrogens with zero attached hydrogens (tertiary/aromatic N) is 2. The number of benzene rings is 3. The second kappa shape index (κ2) is 13.8. The van der Waals surface area contributed by atoms with E-state index in [4.69, 9.17) is 23.2 Å². The first-order chi connectivity index (χ1) is 18.6. The highest BCUT2D eigenvalue weighted by Crippen LogP contribution is 2.31. The molecule has 0 aliphatic rings. The van der Waals surface area contributed by atoms with Crippen LogP contribution in [0.5, 0.6) is 0 Å². The smallest absolute Gasteiger partial charge is 0.264 e. The Hall–Kier alpha value is -3.14. The van der Waals surface area contributed by atoms with Gasteiger partial charge in [0.2, 0.25) is 11.8 Å². The summed E-state index contributed by atoms with van der Waals surface area (Å²) in [6, 6.07) is 16.6. The lowest BCUT2D eigenvalue weighted by molar-refractivity contribution is -0.140. The maximum absolute atomic E-state index is 13.9. The first-order valence-corrected chi connectivity index (χ1v) is 14.6. The van der Waals surface area contributed by atoms with Crippen LogP contribution in [-0.2, 0) is 26.2 Å². The minimum atomic E-state index is -4.22. The van der Waals surface area contributed by atoms with Crippen LogP contribution in [0.1, 0.15) is 32.3 Å². The fourth-order valence-electron chi connectivity index (χ4n) is 3.96. The molecule has 11 heteroatoms. The van der Waals surface area contributed by atoms with Gasteiger partial charge in [-0.2, -0.15) is 0 Å². The highest BCUT2D eigenvalue weighted by Gasteiger charge is 2.33. The van der Waals surface area contributed by atoms with Crippen molar-refractivity contribution in [2.24, 2.45) is 0 Å². The van der Waals surface area contributed by atoms with Gasteiger partial charge in [-0.15, -0.1) is 0 Å². The Kier molecular flexibility index (Phi) is 10.7. The van der Waals surface area contributed by atoms with E-state index in [-0.39, 0.29) is 39.5 Å². The van der Waals surface area contributed by atoms with Crippen LogP contribution in [0.4, 0.5) is 10.1 Å². The topological polar surface area (TPSA) is 86.8 Å². The second-order valence-corrected chi connectivity index (χ2v) is 11.5. The third kappa shape index (κ3) is 7.71. The number of anilines is 1. The van der Waals surface area contributed by atoms with E-state index < -0.39 is 34.3 Å². The van der Waals surface area contributed by atoms with Crippen LogP contribution >= 0.6 is 23.2 Å². The largest absolute Gasteiger partial charge is 0.354 e. The van der Waals surface area contributed by atoms with Crippen molar-refractivity contribution in [2.75, 3.05) is 17.4 Å². The Morgan fingerprint density at radius 2 is 1.62 bits per heavy atom. The van der Waals surface area contributed by atoms with Crippen LogP contribution in [0.3, 0.4) is 0 Å². The van der Waals surface area contributed by atoms with Gasteiger partial charge in [0.05, 0.1) is 20.6 Å². The molecule has 0 aliphatic heterocycles. The molecule has 1 N–H and O–H groups in total. The number of carbonyl (C=O) groups is 2. The van der Waals surface area contributed by atoms with Crippen molar-refractivity contribution in [1.82, 2.24) is 10.2 Å². The van der Waals surface area contributed by atoms with Crippen LogP contribution in [0.2, 0.25) is 10.0 Å². The summed E-state index contributed by atoms with van der Waals surface area (Å²) in [4.78, 5) is 28.3. The Bertz CT molecular complexity index is 1390. The van der Waals surface area contributed by atoms with E-state index in [1.165, 1.54) is 59.5 Å². The van der Waals surface area contributed by atoms with Gasteiger partial charge in [-0.3, -0.25) is 13.9 Å². The van der Waals surface area contributed by atoms with Gasteiger partial charge in [0, 0.05) is 13.1 Å². The maximum atomic E-state index is 13.9. The third-order valence-corrected chi connectivity index (χ3v) is 8.53. The summed E-state index contributed by atoms with van der Waals surface area (Å²) in [7, 11) is -4.22. The molecule has 0 spiro atoms. The van der Waals surface area contributed by atoms with Crippen LogP contribution in [-0.4, -0.2) is 44.3 Å². The number of carbonyl (C=O) groups excluding carboxylic acids is 2. The van der Waals surface area contributed by atoms with Gasteiger partial charge >= 0.3 is 0 Å². The quantitative estimate of drug-likeness (QED) is 0.293. The number of hydrogen-bond acceptors (Lipinski definition) is 4. The lowest BCUT2D eigenvalue weighted by Crippen LogP contribution is -2.52. The molecule has 0 aromatic heterocycles. The lowest BCUT2D eigenvalue weighted by Gasteiger charge is -2.33. The van der Waals surface area contributed by atoms with Crippen molar-refractivity contribution in [2.45, 2.75) is 44.2 Å². The first kappa shape index (κ1) is 30.4. The zero-order chi connectivity index (χ0) is 28.6. The molecule has 0 saturated carbocycles. The Morgan fingerprint density at radius 3 is 2.21 bits per heavy atom. The summed E-state index contributed by atoms with van der Waals surface area (Å²) in [6.07, 6.45) is 0.981. The molecule has 7 nitrogen and oxygen atoms in total. The molecule has 0 fully saturated rings. The molecule has 0 saturated heterocycles. The number of rotatable bonds is 12. The lowest BCUT2D eigenvalue weighted by atomic mass is 10.1. The number of amides is 2. The van der Waals surface area contributed by atoms with E-state index in [0.717, 1.165) is 4.31 Å². The summed E-state index contributed by atoms with van der Waals surface area (Å²) >= 11 is 12.3. The fraction of sp³-hybridized carbons (Fsp3) is 0.286. The van der Waals surface area contributed by atoms with E-state index in [2.05, 4.69) is 5.32 Å². The number of nitrogens with one attached hydrogen (secondary N) is 1. The molecule has 3 rings (SSSR count). The van der Waals surface area contributed by atoms with E-state index >= 15 is 0 Å². The van der Waals surface area contributed by atoms with Crippen molar-refractivity contribution >= 4 is 50.7 Å². The van der Waals surface area contributed by atoms with Crippen LogP contribution in [0, 0.1) is 5.82 Å². The van der Waals surface area contributed by atoms with Crippen molar-refractivity contribution in [1.29, 1.82) is 0 Å². The minimum Gasteiger partial charge on any atom is -0.354 e. The van der Waals surface area contributed by atoms with Crippen LogP contribution in [0.25, 0.3) is 0 Å². The molecule has 3 aromatic carbocycles. The minimum absolute atomic E-state index is 0.0262. The SMILES string of the molecule is CCCNC(=O)C(CC)N(Cc1ccc(F)cc1)C(=O)CN(c1ccc(Cl)c(Cl)c1)S(=O)(=O)c1ccccc1. The molecular formula is C28H30Cl2FN3O4S. The maximum Gasteiger partial charge on any atom is 0.264 e. The van der Waals surface area contributed by atoms with Gasteiger partial charge in [0.1, 0.15) is 18.4 Å². The number of hydrogen-bond donors (Lipinski definition) is 1. The highest BCUT2D eigenvalue weighted by molar-refractivity contribution is 7.92. The zero-order valence-corrected chi connectivity index (χ0v) is 23.9. The predicted octanol–water partition coefficient (Wildman–Crippen LogP) is 5.66. The molecule has 0 heterocycles. The van der Waals surface area contributed by atoms with E-state index in [1.54, 1.807) is 25.1 Å². The van der Waals surface area contributed by atoms with Crippen molar-refractivity contribution in [3.63, 3.8) is 0 Å². The normalized spacial score (nSPS) is 12.0. The molecule has 0 aliphatic carbocycles. The van der Waals surface area contributed by atoms with Gasteiger partial charge in [-0.25, -0.2) is 12.8 Å². The molecule has 3 aromatic rings. The van der Waals surface area contributed by atoms with E-state index in [0.29, 0.717) is 18.5 Å². The van der Waals surface area contributed by atoms with Gasteiger partial charge in [0.15, 0.2) is 0 Å². The van der Waals surface area contributed by atoms with Gasteiger partial charge in [-0.05, 0) is 60.9 Å². The van der Waals surface area contributed by atoms with Gasteiger partial charge < -0.3 is 10.2 Å². The third-order valence-electron chi connectivity index (χ3n) is 6.00. The average Bonchev–Trinajstić information content (AvgIpc) is 2.93. The number of sulfonamides is 1. The molecule has 0 radical (unpaired) electrons. The molecule has 1 atom stereocenters. The van der Waals surface area contributed by atoms with Crippen molar-refractivity contribution in [3.8, 4) is 0 Å². The number of halogens is 3. The monoisotopic (exact) mass is 593 g/mol. The Balaban J connectivity index is 2.06. The summed E-state index contributed by atoms with van der Waals surface area (Å²) in [5, 5.41) is 3.15. The predicted molar refractivity (Wildman–Crippen MR) is 152 cm³/mol. The fourth-order valence-corrected chi connectivity index (χ4v) is 5.68. The van der Waals surface area contributed by atoms with Gasteiger partial charge in [-0.1, -0.05) is 67.4 Å². The first-order valence-electron chi connectivity index (χ1n) is 12.4. The molecule has 0 bridgehead atoms. The average molecular weight is 595 g/mol. The Labute approximate surface area is 238 Å². The summed E-state index contributed by atoms with van der Waals surface area (Å²) in [5.74, 6) is -1.42. The standard InChI is InChI=1S/C28H30Cl2FN3O4S/c1-3-16-32-28(36)26(4-2)33(18-20-10-12-21(31)13-11-20)27(35)19-34(22-14-15-24(29)25(30)17-22)39(37,38)23-8-6-5-7-9-23/h5-15,17,26H,3-4,16,18-19H2,1-2H3,(H,32,36). The molecule has 39 heavy (non-hydrogen) atoms. The summed E-state index contributed by atoms with van der Waals surface area (Å²) < 4.78 is 42.0. The van der Waals surface area contributed by atoms with Crippen molar-refractivity contribution in [3.05, 3.63) is 94.2 Å². The Morgan fingerprint density at radius 1 is 0.949 bits per heavy atom. The molecule has 2 amide bonds. The molecular weight excluding hydrogens is 564 g/mol. The zero-order valence-electron chi connectivity index (χ0n) is 21.6. The molecule has 1 unspecified atom stereocenters. The summed E-state index contributed by atoms with van der Waals surface area (Å²) in [5.41, 5.74) is 0.713.